The topological polar surface area (TPSA) is 102 Å². The monoisotopic (exact) mass is 694 g/mol. The standard InChI is InChI=1S/C42H66N2O6/c1-25(2)33-29(46)23-42(35(47)43-24-27-13-12-22-44(27)36(48)50-37(4,5)6)21-20-40(10)28(34(33)42)14-15-31-39(9)18-17-32(49-26(3)45)38(7,8)30(39)16-19-41(31,40)11/h25,27-28,30-32H,12-24H2,1-11H3,(H,43,47)/t27?,28?,30?,31?,32-,39-,40+,41+,42+/m0/s1. The Morgan fingerprint density at radius 1 is 0.900 bits per heavy atom. The number of ether oxygens (including phenoxy) is 2. The predicted molar refractivity (Wildman–Crippen MR) is 194 cm³/mol. The maximum atomic E-state index is 14.7. The summed E-state index contributed by atoms with van der Waals surface area (Å²) < 4.78 is 11.6. The number of rotatable bonds is 5. The van der Waals surface area contributed by atoms with Crippen LogP contribution in [0.4, 0.5) is 4.79 Å². The second kappa shape index (κ2) is 12.4. The first-order valence-corrected chi connectivity index (χ1v) is 19.9. The molecular weight excluding hydrogens is 628 g/mol. The van der Waals surface area contributed by atoms with Gasteiger partial charge >= 0.3 is 12.1 Å². The van der Waals surface area contributed by atoms with E-state index >= 15 is 0 Å². The second-order valence-corrected chi connectivity index (χ2v) is 19.9. The van der Waals surface area contributed by atoms with Gasteiger partial charge in [-0.1, -0.05) is 48.5 Å². The zero-order valence-corrected chi connectivity index (χ0v) is 33.1. The molecule has 0 spiro atoms. The summed E-state index contributed by atoms with van der Waals surface area (Å²) in [6, 6.07) is -0.112. The molecule has 9 atom stereocenters. The van der Waals surface area contributed by atoms with E-state index < -0.39 is 11.0 Å². The molecular formula is C42H66N2O6. The third-order valence-corrected chi connectivity index (χ3v) is 15.6. The van der Waals surface area contributed by atoms with Gasteiger partial charge in [0, 0.05) is 31.8 Å². The number of Topliss-reactive ketones (excluding diaryl/α,β-unsaturated/α-hetero) is 1. The van der Waals surface area contributed by atoms with Crippen molar-refractivity contribution in [2.75, 3.05) is 13.1 Å². The van der Waals surface area contributed by atoms with Gasteiger partial charge in [0.2, 0.25) is 5.91 Å². The summed E-state index contributed by atoms with van der Waals surface area (Å²) in [5, 5.41) is 3.32. The van der Waals surface area contributed by atoms with Crippen LogP contribution in [0.2, 0.25) is 0 Å². The van der Waals surface area contributed by atoms with Crippen LogP contribution in [0.1, 0.15) is 147 Å². The molecule has 1 heterocycles. The van der Waals surface area contributed by atoms with Crippen LogP contribution in [0.5, 0.6) is 0 Å². The second-order valence-electron chi connectivity index (χ2n) is 19.9. The Labute approximate surface area is 301 Å². The van der Waals surface area contributed by atoms with E-state index in [1.807, 2.05) is 20.8 Å². The molecule has 4 unspecified atom stereocenters. The van der Waals surface area contributed by atoms with Gasteiger partial charge in [0.1, 0.15) is 11.7 Å². The lowest BCUT2D eigenvalue weighted by Crippen LogP contribution is -2.66. The quantitative estimate of drug-likeness (QED) is 0.290. The summed E-state index contributed by atoms with van der Waals surface area (Å²) in [6.45, 7) is 24.7. The number of carbonyl (C=O) groups excluding carboxylic acids is 4. The number of ketones is 1. The SMILES string of the molecule is CC(=O)O[C@H]1CC[C@@]2(C)C(CC[C@]3(C)C2CCC2C4=C(C(C)C)C(=O)C[C@]4(C(=O)NCC4CCCN4C(=O)OC(C)(C)C)CC[C@]23C)C1(C)C. The van der Waals surface area contributed by atoms with Crippen LogP contribution >= 0.6 is 0 Å². The van der Waals surface area contributed by atoms with Crippen LogP contribution in [0.3, 0.4) is 0 Å². The van der Waals surface area contributed by atoms with Gasteiger partial charge in [-0.05, 0) is 136 Å². The van der Waals surface area contributed by atoms with E-state index in [0.29, 0.717) is 31.3 Å². The van der Waals surface area contributed by atoms with Crippen molar-refractivity contribution in [3.05, 3.63) is 11.1 Å². The summed E-state index contributed by atoms with van der Waals surface area (Å²) in [4.78, 5) is 55.6. The van der Waals surface area contributed by atoms with E-state index in [2.05, 4.69) is 53.8 Å². The van der Waals surface area contributed by atoms with E-state index in [1.165, 1.54) is 6.92 Å². The number of hydrogen-bond donors (Lipinski definition) is 1. The molecule has 0 radical (unpaired) electrons. The zero-order chi connectivity index (χ0) is 36.8. The van der Waals surface area contributed by atoms with Gasteiger partial charge in [0.25, 0.3) is 0 Å². The van der Waals surface area contributed by atoms with E-state index in [4.69, 9.17) is 9.47 Å². The lowest BCUT2D eigenvalue weighted by Gasteiger charge is -2.72. The van der Waals surface area contributed by atoms with Crippen LogP contribution in [-0.2, 0) is 23.9 Å². The number of allylic oxidation sites excluding steroid dienone is 1. The summed E-state index contributed by atoms with van der Waals surface area (Å²) >= 11 is 0. The lowest BCUT2D eigenvalue weighted by atomic mass is 9.33. The molecule has 8 heteroatoms. The highest BCUT2D eigenvalue weighted by Gasteiger charge is 2.71. The Balaban J connectivity index is 1.29. The fourth-order valence-electron chi connectivity index (χ4n) is 13.3. The molecule has 1 saturated heterocycles. The number of fused-ring (bicyclic) bond motifs is 7. The molecule has 4 saturated carbocycles. The number of carbonyl (C=O) groups is 4. The number of nitrogens with zero attached hydrogens (tertiary/aromatic N) is 1. The number of likely N-dealkylation sites (tertiary alicyclic amines) is 1. The van der Waals surface area contributed by atoms with Gasteiger partial charge < -0.3 is 19.7 Å². The molecule has 0 aromatic carbocycles. The normalized spacial score (nSPS) is 40.8. The molecule has 1 N–H and O–H groups in total. The van der Waals surface area contributed by atoms with E-state index in [1.54, 1.807) is 4.90 Å². The van der Waals surface area contributed by atoms with Gasteiger partial charge in [-0.3, -0.25) is 14.4 Å². The molecule has 0 aromatic heterocycles. The van der Waals surface area contributed by atoms with Crippen molar-refractivity contribution >= 4 is 23.8 Å². The van der Waals surface area contributed by atoms with Crippen LogP contribution in [0, 0.1) is 50.7 Å². The minimum absolute atomic E-state index is 0.0249. The maximum absolute atomic E-state index is 14.7. The number of esters is 1. The maximum Gasteiger partial charge on any atom is 0.410 e. The Morgan fingerprint density at radius 2 is 1.60 bits per heavy atom. The Morgan fingerprint density at radius 3 is 2.24 bits per heavy atom. The van der Waals surface area contributed by atoms with Crippen molar-refractivity contribution in [1.82, 2.24) is 10.2 Å². The van der Waals surface area contributed by atoms with Gasteiger partial charge in [0.15, 0.2) is 5.78 Å². The van der Waals surface area contributed by atoms with Crippen molar-refractivity contribution < 1.29 is 28.7 Å². The summed E-state index contributed by atoms with van der Waals surface area (Å²) in [5.41, 5.74) is 0.739. The Bertz CT molecular complexity index is 1460. The van der Waals surface area contributed by atoms with E-state index in [-0.39, 0.29) is 75.8 Å². The Kier molecular flexibility index (Phi) is 9.24. The zero-order valence-electron chi connectivity index (χ0n) is 33.1. The molecule has 8 nitrogen and oxygen atoms in total. The molecule has 0 aromatic rings. The first-order chi connectivity index (χ1) is 23.1. The highest BCUT2D eigenvalue weighted by atomic mass is 16.6. The third kappa shape index (κ3) is 5.58. The van der Waals surface area contributed by atoms with Crippen LogP contribution in [0.25, 0.3) is 0 Å². The summed E-state index contributed by atoms with van der Waals surface area (Å²) in [5.74, 6) is 1.18. The summed E-state index contributed by atoms with van der Waals surface area (Å²) in [6.07, 6.45) is 9.47. The minimum atomic E-state index is -0.815. The molecule has 6 rings (SSSR count). The predicted octanol–water partition coefficient (Wildman–Crippen LogP) is 8.41. The Hall–Kier alpha value is -2.38. The minimum Gasteiger partial charge on any atom is -0.462 e. The van der Waals surface area contributed by atoms with Crippen molar-refractivity contribution in [3.63, 3.8) is 0 Å². The van der Waals surface area contributed by atoms with Gasteiger partial charge in [-0.2, -0.15) is 0 Å². The fraction of sp³-hybridized carbons (Fsp3) is 0.857. The summed E-state index contributed by atoms with van der Waals surface area (Å²) in [7, 11) is 0. The fourth-order valence-corrected chi connectivity index (χ4v) is 13.3. The van der Waals surface area contributed by atoms with E-state index in [9.17, 15) is 19.2 Å². The average molecular weight is 695 g/mol. The van der Waals surface area contributed by atoms with E-state index in [0.717, 1.165) is 68.9 Å². The van der Waals surface area contributed by atoms with Crippen LogP contribution in [0.15, 0.2) is 11.1 Å². The largest absolute Gasteiger partial charge is 0.462 e. The number of hydrogen-bond acceptors (Lipinski definition) is 6. The van der Waals surface area contributed by atoms with Gasteiger partial charge in [-0.15, -0.1) is 0 Å². The molecule has 5 aliphatic carbocycles. The molecule has 5 fully saturated rings. The molecule has 6 aliphatic rings. The molecule has 1 aliphatic heterocycles. The average Bonchev–Trinajstić information content (AvgIpc) is 3.59. The smallest absolute Gasteiger partial charge is 0.410 e. The number of amides is 2. The first kappa shape index (κ1) is 37.4. The molecule has 280 valence electrons. The van der Waals surface area contributed by atoms with Crippen LogP contribution < -0.4 is 5.32 Å². The molecule has 2 amide bonds. The van der Waals surface area contributed by atoms with Crippen molar-refractivity contribution in [1.29, 1.82) is 0 Å². The highest BCUT2D eigenvalue weighted by molar-refractivity contribution is 6.07. The number of nitrogens with one attached hydrogen (secondary N) is 1. The molecule has 0 bridgehead atoms. The lowest BCUT2D eigenvalue weighted by molar-refractivity contribution is -0.232. The highest BCUT2D eigenvalue weighted by Crippen LogP contribution is 2.76. The van der Waals surface area contributed by atoms with Crippen molar-refractivity contribution in [3.8, 4) is 0 Å². The molecule has 50 heavy (non-hydrogen) atoms. The third-order valence-electron chi connectivity index (χ3n) is 15.6. The van der Waals surface area contributed by atoms with Gasteiger partial charge in [0.05, 0.1) is 11.5 Å². The first-order valence-electron chi connectivity index (χ1n) is 19.9. The van der Waals surface area contributed by atoms with Crippen LogP contribution in [-0.4, -0.2) is 59.5 Å². The van der Waals surface area contributed by atoms with Crippen molar-refractivity contribution in [2.24, 2.45) is 50.7 Å². The van der Waals surface area contributed by atoms with Crippen molar-refractivity contribution in [2.45, 2.75) is 165 Å². The van der Waals surface area contributed by atoms with Gasteiger partial charge in [-0.25, -0.2) is 4.79 Å².